The van der Waals surface area contributed by atoms with Gasteiger partial charge in [0, 0.05) is 18.1 Å². The summed E-state index contributed by atoms with van der Waals surface area (Å²) in [5.74, 6) is 2.35. The fraction of sp³-hybridized carbons (Fsp3) is 0.600. The van der Waals surface area contributed by atoms with E-state index < -0.39 is 0 Å². The van der Waals surface area contributed by atoms with Gasteiger partial charge in [-0.2, -0.15) is 0 Å². The Hall–Kier alpha value is -0.830. The molecular weight excluding hydrogens is 198 g/mol. The molecule has 0 fully saturated rings. The Balaban J connectivity index is 2.57. The van der Waals surface area contributed by atoms with Crippen LogP contribution < -0.4 is 5.32 Å². The van der Waals surface area contributed by atoms with Crippen LogP contribution in [0.15, 0.2) is 12.3 Å². The maximum absolute atomic E-state index is 5.70. The molecule has 1 rings (SSSR count). The molecule has 0 saturated heterocycles. The van der Waals surface area contributed by atoms with E-state index in [0.29, 0.717) is 11.9 Å². The van der Waals surface area contributed by atoms with Crippen LogP contribution in [-0.4, -0.2) is 21.9 Å². The first-order chi connectivity index (χ1) is 6.76. The molecule has 0 bridgehead atoms. The molecule has 3 nitrogen and oxygen atoms in total. The SMILES string of the molecule is CCC(CCCl)Nc1ccnc(C)n1. The number of hydrogen-bond acceptors (Lipinski definition) is 3. The normalized spacial score (nSPS) is 12.5. The van der Waals surface area contributed by atoms with Gasteiger partial charge in [0.25, 0.3) is 0 Å². The van der Waals surface area contributed by atoms with Gasteiger partial charge in [-0.15, -0.1) is 11.6 Å². The second-order valence-electron chi connectivity index (χ2n) is 3.22. The Morgan fingerprint density at radius 1 is 1.57 bits per heavy atom. The predicted molar refractivity (Wildman–Crippen MR) is 59.8 cm³/mol. The molecule has 0 aliphatic carbocycles. The minimum Gasteiger partial charge on any atom is -0.367 e. The molecule has 0 aliphatic rings. The molecule has 1 N–H and O–H groups in total. The van der Waals surface area contributed by atoms with Crippen molar-refractivity contribution in [1.29, 1.82) is 0 Å². The fourth-order valence-corrected chi connectivity index (χ4v) is 1.52. The standard InChI is InChI=1S/C10H16ClN3/c1-3-9(4-6-11)14-10-5-7-12-8(2)13-10/h5,7,9H,3-4,6H2,1-2H3,(H,12,13,14). The molecular formula is C10H16ClN3. The summed E-state index contributed by atoms with van der Waals surface area (Å²) < 4.78 is 0. The number of alkyl halides is 1. The molecule has 1 aromatic rings. The highest BCUT2D eigenvalue weighted by atomic mass is 35.5. The van der Waals surface area contributed by atoms with Gasteiger partial charge in [-0.25, -0.2) is 9.97 Å². The van der Waals surface area contributed by atoms with Crippen molar-refractivity contribution < 1.29 is 0 Å². The Morgan fingerprint density at radius 2 is 2.36 bits per heavy atom. The number of rotatable bonds is 5. The Kier molecular flexibility index (Phi) is 4.66. The van der Waals surface area contributed by atoms with Gasteiger partial charge >= 0.3 is 0 Å². The molecule has 0 saturated carbocycles. The summed E-state index contributed by atoms with van der Waals surface area (Å²) >= 11 is 5.70. The average molecular weight is 214 g/mol. The number of hydrogen-bond donors (Lipinski definition) is 1. The number of aryl methyl sites for hydroxylation is 1. The molecule has 0 spiro atoms. The monoisotopic (exact) mass is 213 g/mol. The highest BCUT2D eigenvalue weighted by Crippen LogP contribution is 2.08. The van der Waals surface area contributed by atoms with Crippen molar-refractivity contribution in [1.82, 2.24) is 9.97 Å². The van der Waals surface area contributed by atoms with Crippen LogP contribution in [0.3, 0.4) is 0 Å². The zero-order valence-electron chi connectivity index (χ0n) is 8.63. The first kappa shape index (κ1) is 11.2. The lowest BCUT2D eigenvalue weighted by Gasteiger charge is -2.15. The Morgan fingerprint density at radius 3 is 2.93 bits per heavy atom. The Labute approximate surface area is 89.9 Å². The lowest BCUT2D eigenvalue weighted by molar-refractivity contribution is 0.671. The molecule has 0 radical (unpaired) electrons. The summed E-state index contributed by atoms with van der Waals surface area (Å²) in [6, 6.07) is 2.28. The van der Waals surface area contributed by atoms with Gasteiger partial charge in [0.15, 0.2) is 0 Å². The van der Waals surface area contributed by atoms with Crippen molar-refractivity contribution in [2.24, 2.45) is 0 Å². The van der Waals surface area contributed by atoms with E-state index in [-0.39, 0.29) is 0 Å². The summed E-state index contributed by atoms with van der Waals surface area (Å²) in [6.45, 7) is 4.02. The predicted octanol–water partition coefficient (Wildman–Crippen LogP) is 2.60. The minimum absolute atomic E-state index is 0.404. The molecule has 14 heavy (non-hydrogen) atoms. The quantitative estimate of drug-likeness (QED) is 0.765. The van der Waals surface area contributed by atoms with Gasteiger partial charge in [-0.3, -0.25) is 0 Å². The lowest BCUT2D eigenvalue weighted by Crippen LogP contribution is -2.19. The van der Waals surface area contributed by atoms with E-state index in [9.17, 15) is 0 Å². The summed E-state index contributed by atoms with van der Waals surface area (Å²) in [5, 5.41) is 3.33. The van der Waals surface area contributed by atoms with Crippen LogP contribution in [0.4, 0.5) is 5.82 Å². The number of aromatic nitrogens is 2. The highest BCUT2D eigenvalue weighted by Gasteiger charge is 2.05. The molecule has 0 amide bonds. The third-order valence-corrected chi connectivity index (χ3v) is 2.30. The average Bonchev–Trinajstić information content (AvgIpc) is 2.17. The topological polar surface area (TPSA) is 37.8 Å². The van der Waals surface area contributed by atoms with Crippen molar-refractivity contribution in [3.63, 3.8) is 0 Å². The molecule has 4 heteroatoms. The van der Waals surface area contributed by atoms with Gasteiger partial charge in [-0.1, -0.05) is 6.92 Å². The van der Waals surface area contributed by atoms with E-state index in [4.69, 9.17) is 11.6 Å². The van der Waals surface area contributed by atoms with Gasteiger partial charge in [0.1, 0.15) is 11.6 Å². The largest absolute Gasteiger partial charge is 0.367 e. The first-order valence-corrected chi connectivity index (χ1v) is 5.42. The zero-order valence-corrected chi connectivity index (χ0v) is 9.38. The summed E-state index contributed by atoms with van der Waals surface area (Å²) in [6.07, 6.45) is 3.77. The van der Waals surface area contributed by atoms with Crippen LogP contribution in [0.25, 0.3) is 0 Å². The van der Waals surface area contributed by atoms with E-state index in [1.165, 1.54) is 0 Å². The number of halogens is 1. The molecule has 1 unspecified atom stereocenters. The van der Waals surface area contributed by atoms with Crippen LogP contribution in [-0.2, 0) is 0 Å². The van der Waals surface area contributed by atoms with Gasteiger partial charge in [0.05, 0.1) is 0 Å². The molecule has 78 valence electrons. The highest BCUT2D eigenvalue weighted by molar-refractivity contribution is 6.17. The summed E-state index contributed by atoms with van der Waals surface area (Å²) in [5.41, 5.74) is 0. The van der Waals surface area contributed by atoms with E-state index in [1.807, 2.05) is 13.0 Å². The van der Waals surface area contributed by atoms with Crippen molar-refractivity contribution in [3.8, 4) is 0 Å². The van der Waals surface area contributed by atoms with Crippen LogP contribution in [0.5, 0.6) is 0 Å². The van der Waals surface area contributed by atoms with Crippen molar-refractivity contribution in [2.75, 3.05) is 11.2 Å². The van der Waals surface area contributed by atoms with Gasteiger partial charge in [0.2, 0.25) is 0 Å². The second kappa shape index (κ2) is 5.81. The van der Waals surface area contributed by atoms with Crippen molar-refractivity contribution in [2.45, 2.75) is 32.7 Å². The van der Waals surface area contributed by atoms with Crippen LogP contribution >= 0.6 is 11.6 Å². The first-order valence-electron chi connectivity index (χ1n) is 4.88. The van der Waals surface area contributed by atoms with Crippen molar-refractivity contribution in [3.05, 3.63) is 18.1 Å². The third kappa shape index (κ3) is 3.50. The number of anilines is 1. The molecule has 1 aromatic heterocycles. The summed E-state index contributed by atoms with van der Waals surface area (Å²) in [4.78, 5) is 8.32. The van der Waals surface area contributed by atoms with Crippen LogP contribution in [0, 0.1) is 6.92 Å². The third-order valence-electron chi connectivity index (χ3n) is 2.08. The van der Waals surface area contributed by atoms with Crippen LogP contribution in [0.2, 0.25) is 0 Å². The smallest absolute Gasteiger partial charge is 0.129 e. The van der Waals surface area contributed by atoms with E-state index in [2.05, 4.69) is 22.2 Å². The maximum atomic E-state index is 5.70. The van der Waals surface area contributed by atoms with E-state index >= 15 is 0 Å². The fourth-order valence-electron chi connectivity index (χ4n) is 1.26. The van der Waals surface area contributed by atoms with Gasteiger partial charge < -0.3 is 5.32 Å². The van der Waals surface area contributed by atoms with Crippen molar-refractivity contribution >= 4 is 17.4 Å². The van der Waals surface area contributed by atoms with Crippen LogP contribution in [0.1, 0.15) is 25.6 Å². The Bertz CT molecular complexity index is 278. The lowest BCUT2D eigenvalue weighted by atomic mass is 10.2. The number of nitrogens with zero attached hydrogens (tertiary/aromatic N) is 2. The molecule has 1 heterocycles. The zero-order chi connectivity index (χ0) is 10.4. The maximum Gasteiger partial charge on any atom is 0.129 e. The molecule has 1 atom stereocenters. The number of nitrogens with one attached hydrogen (secondary N) is 1. The molecule has 0 aliphatic heterocycles. The van der Waals surface area contributed by atoms with E-state index in [1.54, 1.807) is 6.20 Å². The van der Waals surface area contributed by atoms with E-state index in [0.717, 1.165) is 24.5 Å². The van der Waals surface area contributed by atoms with Gasteiger partial charge in [-0.05, 0) is 25.8 Å². The second-order valence-corrected chi connectivity index (χ2v) is 3.59. The summed E-state index contributed by atoms with van der Waals surface area (Å²) in [7, 11) is 0. The molecule has 0 aromatic carbocycles. The minimum atomic E-state index is 0.404.